The van der Waals surface area contributed by atoms with E-state index in [-0.39, 0.29) is 11.9 Å². The molecule has 1 saturated heterocycles. The first kappa shape index (κ1) is 19.0. The molecule has 0 bridgehead atoms. The quantitative estimate of drug-likeness (QED) is 0.836. The first-order valence-electron chi connectivity index (χ1n) is 8.79. The molecule has 0 radical (unpaired) electrons. The summed E-state index contributed by atoms with van der Waals surface area (Å²) in [5.41, 5.74) is 2.15. The monoisotopic (exact) mass is 391 g/mol. The lowest BCUT2D eigenvalue weighted by molar-refractivity contribution is -0.123. The van der Waals surface area contributed by atoms with Crippen molar-refractivity contribution in [1.82, 2.24) is 10.2 Å². The van der Waals surface area contributed by atoms with Crippen LogP contribution in [0.1, 0.15) is 18.5 Å². The number of hydrogen-bond donors (Lipinski definition) is 1. The maximum Gasteiger partial charge on any atom is 0.234 e. The zero-order chi connectivity index (χ0) is 18.5. The number of hydrogen-bond acceptors (Lipinski definition) is 3. The van der Waals surface area contributed by atoms with E-state index in [9.17, 15) is 4.79 Å². The van der Waals surface area contributed by atoms with Crippen LogP contribution >= 0.6 is 23.2 Å². The minimum absolute atomic E-state index is 0.0358. The molecule has 1 amide bonds. The molecular formula is C20H23Cl2N3O. The summed E-state index contributed by atoms with van der Waals surface area (Å²) in [7, 11) is 0. The van der Waals surface area contributed by atoms with Crippen LogP contribution in [-0.2, 0) is 4.79 Å². The lowest BCUT2D eigenvalue weighted by atomic mass is 10.1. The zero-order valence-corrected chi connectivity index (χ0v) is 16.3. The van der Waals surface area contributed by atoms with E-state index < -0.39 is 0 Å². The number of anilines is 1. The van der Waals surface area contributed by atoms with E-state index in [0.29, 0.717) is 11.6 Å². The number of carbonyl (C=O) groups excluding carboxylic acids is 1. The Balaban J connectivity index is 1.47. The number of piperazine rings is 1. The predicted octanol–water partition coefficient (Wildman–Crippen LogP) is 3.99. The molecule has 1 aliphatic heterocycles. The first-order chi connectivity index (χ1) is 12.5. The molecule has 1 N–H and O–H groups in total. The van der Waals surface area contributed by atoms with Crippen LogP contribution < -0.4 is 10.2 Å². The predicted molar refractivity (Wildman–Crippen MR) is 108 cm³/mol. The first-order valence-corrected chi connectivity index (χ1v) is 9.54. The van der Waals surface area contributed by atoms with Crippen molar-refractivity contribution in [3.63, 3.8) is 0 Å². The third kappa shape index (κ3) is 5.13. The summed E-state index contributed by atoms with van der Waals surface area (Å²) in [6.07, 6.45) is 0. The summed E-state index contributed by atoms with van der Waals surface area (Å²) in [4.78, 5) is 16.8. The van der Waals surface area contributed by atoms with E-state index in [0.717, 1.165) is 42.5 Å². The fraction of sp³-hybridized carbons (Fsp3) is 0.350. The van der Waals surface area contributed by atoms with Gasteiger partial charge in [0.2, 0.25) is 5.91 Å². The largest absolute Gasteiger partial charge is 0.369 e. The maximum absolute atomic E-state index is 12.4. The number of benzene rings is 2. The topological polar surface area (TPSA) is 35.6 Å². The van der Waals surface area contributed by atoms with Crippen molar-refractivity contribution >= 4 is 34.8 Å². The average Bonchev–Trinajstić information content (AvgIpc) is 2.62. The summed E-state index contributed by atoms with van der Waals surface area (Å²) in [6, 6.07) is 15.4. The summed E-state index contributed by atoms with van der Waals surface area (Å²) >= 11 is 12.1. The van der Waals surface area contributed by atoms with Gasteiger partial charge in [0.15, 0.2) is 0 Å². The summed E-state index contributed by atoms with van der Waals surface area (Å²) in [5.74, 6) is 0.0358. The number of nitrogens with zero attached hydrogens (tertiary/aromatic N) is 2. The molecular weight excluding hydrogens is 369 g/mol. The normalized spacial score (nSPS) is 16.3. The van der Waals surface area contributed by atoms with Crippen LogP contribution in [0.25, 0.3) is 0 Å². The Kier molecular flexibility index (Phi) is 6.41. The molecule has 2 aromatic carbocycles. The highest BCUT2D eigenvalue weighted by atomic mass is 35.5. The van der Waals surface area contributed by atoms with Gasteiger partial charge in [-0.1, -0.05) is 41.4 Å². The number of carbonyl (C=O) groups is 1. The van der Waals surface area contributed by atoms with E-state index in [1.54, 1.807) is 0 Å². The van der Waals surface area contributed by atoms with Crippen LogP contribution in [0, 0.1) is 0 Å². The fourth-order valence-electron chi connectivity index (χ4n) is 3.19. The molecule has 1 aliphatic rings. The smallest absolute Gasteiger partial charge is 0.234 e. The van der Waals surface area contributed by atoms with Gasteiger partial charge in [-0.3, -0.25) is 9.69 Å². The Morgan fingerprint density at radius 3 is 2.35 bits per heavy atom. The molecule has 3 rings (SSSR count). The molecule has 0 spiro atoms. The van der Waals surface area contributed by atoms with Gasteiger partial charge >= 0.3 is 0 Å². The van der Waals surface area contributed by atoms with Crippen molar-refractivity contribution in [2.24, 2.45) is 0 Å². The highest BCUT2D eigenvalue weighted by Gasteiger charge is 2.20. The van der Waals surface area contributed by atoms with Crippen molar-refractivity contribution in [2.75, 3.05) is 37.6 Å². The van der Waals surface area contributed by atoms with Crippen molar-refractivity contribution in [3.8, 4) is 0 Å². The molecule has 26 heavy (non-hydrogen) atoms. The number of amides is 1. The van der Waals surface area contributed by atoms with Crippen LogP contribution in [0.4, 0.5) is 5.69 Å². The maximum atomic E-state index is 12.4. The minimum Gasteiger partial charge on any atom is -0.369 e. The lowest BCUT2D eigenvalue weighted by Gasteiger charge is -2.36. The van der Waals surface area contributed by atoms with Crippen LogP contribution in [0.2, 0.25) is 10.0 Å². The van der Waals surface area contributed by atoms with Gasteiger partial charge in [0, 0.05) is 41.9 Å². The zero-order valence-electron chi connectivity index (χ0n) is 14.8. The van der Waals surface area contributed by atoms with Crippen molar-refractivity contribution in [2.45, 2.75) is 13.0 Å². The Morgan fingerprint density at radius 2 is 1.69 bits per heavy atom. The molecule has 4 nitrogen and oxygen atoms in total. The van der Waals surface area contributed by atoms with Crippen LogP contribution in [0.15, 0.2) is 48.5 Å². The van der Waals surface area contributed by atoms with Crippen molar-refractivity contribution in [1.29, 1.82) is 0 Å². The average molecular weight is 392 g/mol. The second-order valence-corrected chi connectivity index (χ2v) is 7.46. The Morgan fingerprint density at radius 1 is 1.04 bits per heavy atom. The summed E-state index contributed by atoms with van der Waals surface area (Å²) < 4.78 is 0. The summed E-state index contributed by atoms with van der Waals surface area (Å²) in [6.45, 7) is 5.86. The van der Waals surface area contributed by atoms with E-state index in [1.807, 2.05) is 49.4 Å². The molecule has 1 unspecified atom stereocenters. The van der Waals surface area contributed by atoms with Crippen LogP contribution in [0.5, 0.6) is 0 Å². The lowest BCUT2D eigenvalue weighted by Crippen LogP contribution is -2.49. The molecule has 2 aromatic rings. The molecule has 1 fully saturated rings. The molecule has 138 valence electrons. The van der Waals surface area contributed by atoms with Gasteiger partial charge in [0.1, 0.15) is 0 Å². The highest BCUT2D eigenvalue weighted by Crippen LogP contribution is 2.21. The Hall–Kier alpha value is -1.75. The second kappa shape index (κ2) is 8.76. The summed E-state index contributed by atoms with van der Waals surface area (Å²) in [5, 5.41) is 4.48. The standard InChI is InChI=1S/C20H23Cl2N3O/c1-15(16-4-2-5-17(21)12-16)23-20(26)14-24-8-10-25(11-9-24)19-7-3-6-18(22)13-19/h2-7,12-13,15H,8-11,14H2,1H3,(H,23,26). The van der Waals surface area contributed by atoms with E-state index >= 15 is 0 Å². The molecule has 0 aliphatic carbocycles. The van der Waals surface area contributed by atoms with Gasteiger partial charge in [-0.15, -0.1) is 0 Å². The number of nitrogens with one attached hydrogen (secondary N) is 1. The molecule has 1 heterocycles. The Labute approximate surface area is 164 Å². The third-order valence-corrected chi connectivity index (χ3v) is 5.11. The van der Waals surface area contributed by atoms with Gasteiger partial charge in [-0.25, -0.2) is 0 Å². The van der Waals surface area contributed by atoms with Crippen LogP contribution in [0.3, 0.4) is 0 Å². The van der Waals surface area contributed by atoms with Gasteiger partial charge < -0.3 is 10.2 Å². The minimum atomic E-state index is -0.0612. The molecule has 1 atom stereocenters. The second-order valence-electron chi connectivity index (χ2n) is 6.59. The molecule has 0 aromatic heterocycles. The number of rotatable bonds is 5. The molecule has 0 saturated carbocycles. The third-order valence-electron chi connectivity index (χ3n) is 4.64. The van der Waals surface area contributed by atoms with E-state index in [4.69, 9.17) is 23.2 Å². The van der Waals surface area contributed by atoms with E-state index in [1.165, 1.54) is 0 Å². The fourth-order valence-corrected chi connectivity index (χ4v) is 3.57. The van der Waals surface area contributed by atoms with Crippen molar-refractivity contribution in [3.05, 3.63) is 64.1 Å². The van der Waals surface area contributed by atoms with Crippen molar-refractivity contribution < 1.29 is 4.79 Å². The van der Waals surface area contributed by atoms with Crippen LogP contribution in [-0.4, -0.2) is 43.5 Å². The van der Waals surface area contributed by atoms with Gasteiger partial charge in [0.25, 0.3) is 0 Å². The van der Waals surface area contributed by atoms with Gasteiger partial charge in [-0.2, -0.15) is 0 Å². The SMILES string of the molecule is CC(NC(=O)CN1CCN(c2cccc(Cl)c2)CC1)c1cccc(Cl)c1. The molecule has 6 heteroatoms. The van der Waals surface area contributed by atoms with Gasteiger partial charge in [-0.05, 0) is 42.8 Å². The van der Waals surface area contributed by atoms with E-state index in [2.05, 4.69) is 21.2 Å². The highest BCUT2D eigenvalue weighted by molar-refractivity contribution is 6.31. The van der Waals surface area contributed by atoms with Gasteiger partial charge in [0.05, 0.1) is 12.6 Å². The Bertz CT molecular complexity index is 760. The number of halogens is 2.